The first-order valence-electron chi connectivity index (χ1n) is 6.66. The van der Waals surface area contributed by atoms with Crippen molar-refractivity contribution in [3.05, 3.63) is 0 Å². The fourth-order valence-electron chi connectivity index (χ4n) is 2.80. The van der Waals surface area contributed by atoms with Crippen molar-refractivity contribution in [3.8, 4) is 0 Å². The Balaban J connectivity index is 2.64. The Labute approximate surface area is 108 Å². The van der Waals surface area contributed by atoms with E-state index in [-0.39, 0.29) is 24.4 Å². The molecule has 1 unspecified atom stereocenters. The minimum atomic E-state index is -4.18. The molecule has 108 valence electrons. The van der Waals surface area contributed by atoms with Crippen molar-refractivity contribution in [1.29, 1.82) is 0 Å². The van der Waals surface area contributed by atoms with Crippen molar-refractivity contribution >= 4 is 0 Å². The van der Waals surface area contributed by atoms with Gasteiger partial charge in [-0.1, -0.05) is 13.8 Å². The third-order valence-electron chi connectivity index (χ3n) is 4.19. The van der Waals surface area contributed by atoms with Crippen LogP contribution in [-0.4, -0.2) is 36.8 Å². The van der Waals surface area contributed by atoms with Gasteiger partial charge < -0.3 is 5.73 Å². The molecule has 0 heterocycles. The van der Waals surface area contributed by atoms with Gasteiger partial charge in [0.1, 0.15) is 6.04 Å². The van der Waals surface area contributed by atoms with Crippen molar-refractivity contribution in [2.24, 2.45) is 11.1 Å². The molecule has 0 saturated heterocycles. The molecule has 1 aliphatic carbocycles. The Bertz CT molecular complexity index is 253. The Kier molecular flexibility index (Phi) is 5.06. The molecule has 1 saturated carbocycles. The van der Waals surface area contributed by atoms with E-state index in [9.17, 15) is 13.2 Å². The molecule has 0 spiro atoms. The van der Waals surface area contributed by atoms with E-state index in [1.54, 1.807) is 7.05 Å². The van der Waals surface area contributed by atoms with E-state index in [0.29, 0.717) is 0 Å². The quantitative estimate of drug-likeness (QED) is 0.847. The van der Waals surface area contributed by atoms with Crippen LogP contribution < -0.4 is 5.73 Å². The van der Waals surface area contributed by atoms with Gasteiger partial charge in [-0.25, -0.2) is 0 Å². The summed E-state index contributed by atoms with van der Waals surface area (Å²) in [5.41, 5.74) is 5.59. The third kappa shape index (κ3) is 4.12. The maximum Gasteiger partial charge on any atom is 0.404 e. The molecule has 0 aliphatic heterocycles. The van der Waals surface area contributed by atoms with E-state index in [1.807, 2.05) is 0 Å². The first-order valence-corrected chi connectivity index (χ1v) is 6.66. The summed E-state index contributed by atoms with van der Waals surface area (Å²) in [6, 6.07) is -1.36. The lowest BCUT2D eigenvalue weighted by Gasteiger charge is -2.42. The van der Waals surface area contributed by atoms with E-state index in [1.165, 1.54) is 4.90 Å². The first-order chi connectivity index (χ1) is 8.17. The average molecular weight is 266 g/mol. The molecule has 18 heavy (non-hydrogen) atoms. The van der Waals surface area contributed by atoms with E-state index >= 15 is 0 Å². The number of alkyl halides is 3. The molecule has 0 aromatic carbocycles. The standard InChI is InChI=1S/C13H25F3N2/c1-12(2)7-4-10(5-8-12)18(3)11(6-9-17)13(14,15)16/h10-11H,4-9,17H2,1-3H3. The number of hydrogen-bond acceptors (Lipinski definition) is 2. The molecule has 0 bridgehead atoms. The van der Waals surface area contributed by atoms with Crippen LogP contribution in [0.15, 0.2) is 0 Å². The zero-order chi connectivity index (χ0) is 14.0. The minimum Gasteiger partial charge on any atom is -0.330 e. The van der Waals surface area contributed by atoms with Crippen molar-refractivity contribution in [3.63, 3.8) is 0 Å². The summed E-state index contributed by atoms with van der Waals surface area (Å²) in [5.74, 6) is 0. The molecular formula is C13H25F3N2. The predicted octanol–water partition coefficient (Wildman–Crippen LogP) is 3.17. The van der Waals surface area contributed by atoms with Gasteiger partial charge in [0.05, 0.1) is 0 Å². The first kappa shape index (κ1) is 15.8. The summed E-state index contributed by atoms with van der Waals surface area (Å²) in [6.45, 7) is 4.45. The highest BCUT2D eigenvalue weighted by Gasteiger charge is 2.44. The van der Waals surface area contributed by atoms with Gasteiger partial charge in [0.25, 0.3) is 0 Å². The third-order valence-corrected chi connectivity index (χ3v) is 4.19. The fourth-order valence-corrected chi connectivity index (χ4v) is 2.80. The van der Waals surface area contributed by atoms with Crippen molar-refractivity contribution in [1.82, 2.24) is 4.90 Å². The number of nitrogens with two attached hydrogens (primary N) is 1. The molecule has 0 aromatic heterocycles. The maximum atomic E-state index is 13.0. The second-order valence-corrected chi connectivity index (χ2v) is 6.20. The summed E-state index contributed by atoms with van der Waals surface area (Å²) in [4.78, 5) is 1.50. The van der Waals surface area contributed by atoms with Crippen molar-refractivity contribution < 1.29 is 13.2 Å². The van der Waals surface area contributed by atoms with Gasteiger partial charge in [0.15, 0.2) is 0 Å². The highest BCUT2D eigenvalue weighted by atomic mass is 19.4. The van der Waals surface area contributed by atoms with Crippen LogP contribution in [0.4, 0.5) is 13.2 Å². The minimum absolute atomic E-state index is 0.0140. The topological polar surface area (TPSA) is 29.3 Å². The Morgan fingerprint density at radius 2 is 1.78 bits per heavy atom. The van der Waals surface area contributed by atoms with Gasteiger partial charge >= 0.3 is 6.18 Å². The summed E-state index contributed by atoms with van der Waals surface area (Å²) < 4.78 is 38.9. The van der Waals surface area contributed by atoms with E-state index in [2.05, 4.69) is 13.8 Å². The van der Waals surface area contributed by atoms with Crippen LogP contribution in [0.1, 0.15) is 46.0 Å². The van der Waals surface area contributed by atoms with Crippen molar-refractivity contribution in [2.45, 2.75) is 64.2 Å². The zero-order valence-electron chi connectivity index (χ0n) is 11.6. The van der Waals surface area contributed by atoms with Gasteiger partial charge in [0.2, 0.25) is 0 Å². The van der Waals surface area contributed by atoms with E-state index in [4.69, 9.17) is 5.73 Å². The molecule has 5 heteroatoms. The van der Waals surface area contributed by atoms with Gasteiger partial charge in [-0.3, -0.25) is 4.90 Å². The van der Waals surface area contributed by atoms with Crippen molar-refractivity contribution in [2.75, 3.05) is 13.6 Å². The number of halogens is 3. The van der Waals surface area contributed by atoms with Gasteiger partial charge in [-0.15, -0.1) is 0 Å². The molecule has 1 fully saturated rings. The molecule has 2 nitrogen and oxygen atoms in total. The smallest absolute Gasteiger partial charge is 0.330 e. The molecule has 0 aromatic rings. The van der Waals surface area contributed by atoms with Crippen LogP contribution in [0.3, 0.4) is 0 Å². The number of hydrogen-bond donors (Lipinski definition) is 1. The lowest BCUT2D eigenvalue weighted by molar-refractivity contribution is -0.189. The highest BCUT2D eigenvalue weighted by molar-refractivity contribution is 4.87. The normalized spacial score (nSPS) is 23.3. The SMILES string of the molecule is CN(C1CCC(C)(C)CC1)C(CCN)C(F)(F)F. The van der Waals surface area contributed by atoms with Gasteiger partial charge in [-0.2, -0.15) is 13.2 Å². The second-order valence-electron chi connectivity index (χ2n) is 6.20. The zero-order valence-corrected chi connectivity index (χ0v) is 11.6. The fraction of sp³-hybridized carbons (Fsp3) is 1.00. The molecule has 0 radical (unpaired) electrons. The maximum absolute atomic E-state index is 13.0. The molecule has 1 aliphatic rings. The van der Waals surface area contributed by atoms with Crippen LogP contribution >= 0.6 is 0 Å². The Morgan fingerprint density at radius 3 is 2.17 bits per heavy atom. The summed E-state index contributed by atoms with van der Waals surface area (Å²) in [7, 11) is 1.59. The largest absolute Gasteiger partial charge is 0.404 e. The lowest BCUT2D eigenvalue weighted by atomic mass is 9.75. The van der Waals surface area contributed by atoms with Crippen LogP contribution in [0.5, 0.6) is 0 Å². The van der Waals surface area contributed by atoms with E-state index in [0.717, 1.165) is 25.7 Å². The monoisotopic (exact) mass is 266 g/mol. The summed E-state index contributed by atoms with van der Waals surface area (Å²) >= 11 is 0. The number of rotatable bonds is 4. The molecule has 1 rings (SSSR count). The van der Waals surface area contributed by atoms with Crippen LogP contribution in [0.2, 0.25) is 0 Å². The van der Waals surface area contributed by atoms with Gasteiger partial charge in [-0.05, 0) is 51.1 Å². The number of nitrogens with zero attached hydrogens (tertiary/aromatic N) is 1. The average Bonchev–Trinajstić information content (AvgIpc) is 2.23. The molecule has 1 atom stereocenters. The van der Waals surface area contributed by atoms with Crippen LogP contribution in [-0.2, 0) is 0 Å². The Morgan fingerprint density at radius 1 is 1.28 bits per heavy atom. The molecule has 0 amide bonds. The van der Waals surface area contributed by atoms with Crippen LogP contribution in [0, 0.1) is 5.41 Å². The summed E-state index contributed by atoms with van der Waals surface area (Å²) in [5, 5.41) is 0. The highest BCUT2D eigenvalue weighted by Crippen LogP contribution is 2.38. The summed E-state index contributed by atoms with van der Waals surface area (Å²) in [6.07, 6.45) is -0.507. The van der Waals surface area contributed by atoms with Crippen LogP contribution in [0.25, 0.3) is 0 Å². The van der Waals surface area contributed by atoms with E-state index < -0.39 is 12.2 Å². The van der Waals surface area contributed by atoms with Gasteiger partial charge in [0, 0.05) is 6.04 Å². The lowest BCUT2D eigenvalue weighted by Crippen LogP contribution is -2.50. The molecular weight excluding hydrogens is 241 g/mol. The predicted molar refractivity (Wildman–Crippen MR) is 67.3 cm³/mol. The molecule has 2 N–H and O–H groups in total. The second kappa shape index (κ2) is 5.78. The Hall–Kier alpha value is -0.290.